The second-order valence-corrected chi connectivity index (χ2v) is 3.57. The zero-order chi connectivity index (χ0) is 12.0. The van der Waals surface area contributed by atoms with Crippen molar-refractivity contribution in [1.82, 2.24) is 5.32 Å². The molecule has 0 fully saturated rings. The third-order valence-corrected chi connectivity index (χ3v) is 2.20. The summed E-state index contributed by atoms with van der Waals surface area (Å²) in [4.78, 5) is 22.3. The number of halogens is 1. The van der Waals surface area contributed by atoms with Crippen LogP contribution in [0, 0.1) is 0 Å². The number of nitrogens with one attached hydrogen (secondary N) is 1. The van der Waals surface area contributed by atoms with Gasteiger partial charge in [0, 0.05) is 12.3 Å². The van der Waals surface area contributed by atoms with Crippen molar-refractivity contribution < 1.29 is 14.7 Å². The number of hydrogen-bond acceptors (Lipinski definition) is 2. The predicted molar refractivity (Wildman–Crippen MR) is 60.3 cm³/mol. The van der Waals surface area contributed by atoms with E-state index >= 15 is 0 Å². The highest BCUT2D eigenvalue weighted by Crippen LogP contribution is 2.12. The van der Waals surface area contributed by atoms with Crippen LogP contribution >= 0.6 is 11.6 Å². The number of amides is 1. The van der Waals surface area contributed by atoms with Crippen molar-refractivity contribution in [2.45, 2.75) is 12.5 Å². The zero-order valence-corrected chi connectivity index (χ0v) is 9.28. The molecule has 86 valence electrons. The van der Waals surface area contributed by atoms with Crippen molar-refractivity contribution in [2.75, 3.05) is 5.88 Å². The number of alkyl halides is 1. The summed E-state index contributed by atoms with van der Waals surface area (Å²) >= 11 is 5.40. The second kappa shape index (κ2) is 6.12. The Bertz CT molecular complexity index is 367. The lowest BCUT2D eigenvalue weighted by Crippen LogP contribution is -2.33. The van der Waals surface area contributed by atoms with E-state index in [-0.39, 0.29) is 18.2 Å². The van der Waals surface area contributed by atoms with E-state index in [1.54, 1.807) is 30.3 Å². The highest BCUT2D eigenvalue weighted by Gasteiger charge is 2.21. The molecular formula is C11H12ClNO3. The van der Waals surface area contributed by atoms with E-state index in [1.165, 1.54) is 0 Å². The third-order valence-electron chi connectivity index (χ3n) is 2.01. The fourth-order valence-corrected chi connectivity index (χ4v) is 1.42. The van der Waals surface area contributed by atoms with Gasteiger partial charge in [0.2, 0.25) is 5.91 Å². The van der Waals surface area contributed by atoms with Gasteiger partial charge in [-0.25, -0.2) is 4.79 Å². The van der Waals surface area contributed by atoms with E-state index in [4.69, 9.17) is 16.7 Å². The lowest BCUT2D eigenvalue weighted by molar-refractivity contribution is -0.142. The number of carboxylic acids is 1. The van der Waals surface area contributed by atoms with Crippen LogP contribution in [0.3, 0.4) is 0 Å². The Labute approximate surface area is 98.2 Å². The molecule has 0 heterocycles. The smallest absolute Gasteiger partial charge is 0.330 e. The first-order valence-corrected chi connectivity index (χ1v) is 5.31. The van der Waals surface area contributed by atoms with E-state index in [1.807, 2.05) is 0 Å². The van der Waals surface area contributed by atoms with Crippen LogP contribution in [0.5, 0.6) is 0 Å². The molecule has 1 unspecified atom stereocenters. The SMILES string of the molecule is O=C(CCCl)NC(C(=O)O)c1ccccc1. The molecule has 0 aliphatic rings. The first-order chi connectivity index (χ1) is 7.65. The summed E-state index contributed by atoms with van der Waals surface area (Å²) in [5, 5.41) is 11.4. The van der Waals surface area contributed by atoms with Crippen LogP contribution < -0.4 is 5.32 Å². The minimum absolute atomic E-state index is 0.109. The molecule has 0 radical (unpaired) electrons. The second-order valence-electron chi connectivity index (χ2n) is 3.19. The van der Waals surface area contributed by atoms with Gasteiger partial charge in [0.25, 0.3) is 0 Å². The van der Waals surface area contributed by atoms with Crippen molar-refractivity contribution in [1.29, 1.82) is 0 Å². The normalized spacial score (nSPS) is 11.8. The van der Waals surface area contributed by atoms with Crippen LogP contribution in [0.2, 0.25) is 0 Å². The largest absolute Gasteiger partial charge is 0.479 e. The summed E-state index contributed by atoms with van der Waals surface area (Å²) in [5.41, 5.74) is 0.540. The van der Waals surface area contributed by atoms with E-state index in [0.29, 0.717) is 5.56 Å². The van der Waals surface area contributed by atoms with Crippen molar-refractivity contribution in [3.63, 3.8) is 0 Å². The molecular weight excluding hydrogens is 230 g/mol. The summed E-state index contributed by atoms with van der Waals surface area (Å²) in [7, 11) is 0. The Kier molecular flexibility index (Phi) is 4.79. The topological polar surface area (TPSA) is 66.4 Å². The van der Waals surface area contributed by atoms with Crippen LogP contribution in [0.4, 0.5) is 0 Å². The highest BCUT2D eigenvalue weighted by molar-refractivity contribution is 6.18. The number of hydrogen-bond donors (Lipinski definition) is 2. The maximum Gasteiger partial charge on any atom is 0.330 e. The summed E-state index contributed by atoms with van der Waals surface area (Å²) in [5.74, 6) is -1.28. The first kappa shape index (κ1) is 12.5. The molecule has 1 atom stereocenters. The average Bonchev–Trinajstić information content (AvgIpc) is 2.27. The Morgan fingerprint density at radius 3 is 2.44 bits per heavy atom. The predicted octanol–water partition coefficient (Wildman–Crippen LogP) is 1.56. The molecule has 0 aliphatic heterocycles. The van der Waals surface area contributed by atoms with Crippen molar-refractivity contribution >= 4 is 23.5 Å². The van der Waals surface area contributed by atoms with E-state index < -0.39 is 12.0 Å². The lowest BCUT2D eigenvalue weighted by atomic mass is 10.1. The molecule has 1 aromatic carbocycles. The molecule has 0 bridgehead atoms. The molecule has 0 aromatic heterocycles. The van der Waals surface area contributed by atoms with Crippen LogP contribution in [0.15, 0.2) is 30.3 Å². The lowest BCUT2D eigenvalue weighted by Gasteiger charge is -2.14. The summed E-state index contributed by atoms with van der Waals surface area (Å²) in [6.07, 6.45) is 0.109. The molecule has 0 spiro atoms. The van der Waals surface area contributed by atoms with Gasteiger partial charge in [-0.2, -0.15) is 0 Å². The fraction of sp³-hybridized carbons (Fsp3) is 0.273. The Balaban J connectivity index is 2.77. The van der Waals surface area contributed by atoms with Gasteiger partial charge < -0.3 is 10.4 Å². The summed E-state index contributed by atoms with van der Waals surface area (Å²) in [6, 6.07) is 7.51. The zero-order valence-electron chi connectivity index (χ0n) is 8.52. The van der Waals surface area contributed by atoms with Gasteiger partial charge in [0.05, 0.1) is 0 Å². The van der Waals surface area contributed by atoms with Crippen molar-refractivity contribution in [3.05, 3.63) is 35.9 Å². The molecule has 16 heavy (non-hydrogen) atoms. The molecule has 5 heteroatoms. The van der Waals surface area contributed by atoms with Crippen molar-refractivity contribution in [2.24, 2.45) is 0 Å². The van der Waals surface area contributed by atoms with Gasteiger partial charge in [-0.1, -0.05) is 30.3 Å². The van der Waals surface area contributed by atoms with Crippen molar-refractivity contribution in [3.8, 4) is 0 Å². The van der Waals surface area contributed by atoms with Crippen LogP contribution in [-0.4, -0.2) is 22.9 Å². The monoisotopic (exact) mass is 241 g/mol. The number of aliphatic carboxylic acids is 1. The van der Waals surface area contributed by atoms with Gasteiger partial charge in [0.1, 0.15) is 0 Å². The minimum Gasteiger partial charge on any atom is -0.479 e. The third kappa shape index (κ3) is 3.55. The number of carbonyl (C=O) groups excluding carboxylic acids is 1. The Morgan fingerprint density at radius 1 is 1.31 bits per heavy atom. The van der Waals surface area contributed by atoms with Gasteiger partial charge in [-0.3, -0.25) is 4.79 Å². The Hall–Kier alpha value is -1.55. The molecule has 2 N–H and O–H groups in total. The maximum absolute atomic E-state index is 11.3. The quantitative estimate of drug-likeness (QED) is 0.769. The maximum atomic E-state index is 11.3. The molecule has 1 amide bonds. The molecule has 1 aromatic rings. The average molecular weight is 242 g/mol. The van der Waals surface area contributed by atoms with Crippen LogP contribution in [0.25, 0.3) is 0 Å². The molecule has 0 aliphatic carbocycles. The molecule has 4 nitrogen and oxygen atoms in total. The van der Waals surface area contributed by atoms with Crippen LogP contribution in [-0.2, 0) is 9.59 Å². The number of rotatable bonds is 5. The summed E-state index contributed by atoms with van der Waals surface area (Å²) in [6.45, 7) is 0. The number of carboxylic acid groups (broad SMARTS) is 1. The van der Waals surface area contributed by atoms with E-state index in [9.17, 15) is 9.59 Å². The van der Waals surface area contributed by atoms with Gasteiger partial charge in [-0.15, -0.1) is 11.6 Å². The Morgan fingerprint density at radius 2 is 1.94 bits per heavy atom. The minimum atomic E-state index is -1.09. The fourth-order valence-electron chi connectivity index (χ4n) is 1.25. The molecule has 1 rings (SSSR count). The van der Waals surface area contributed by atoms with Gasteiger partial charge >= 0.3 is 5.97 Å². The molecule has 0 saturated heterocycles. The molecule has 0 saturated carbocycles. The van der Waals surface area contributed by atoms with E-state index in [0.717, 1.165) is 0 Å². The van der Waals surface area contributed by atoms with Gasteiger partial charge in [-0.05, 0) is 5.56 Å². The van der Waals surface area contributed by atoms with E-state index in [2.05, 4.69) is 5.32 Å². The van der Waals surface area contributed by atoms with Crippen LogP contribution in [0.1, 0.15) is 18.0 Å². The number of carbonyl (C=O) groups is 2. The summed E-state index contributed by atoms with van der Waals surface area (Å²) < 4.78 is 0. The first-order valence-electron chi connectivity index (χ1n) is 4.78. The highest BCUT2D eigenvalue weighted by atomic mass is 35.5. The standard InChI is InChI=1S/C11H12ClNO3/c12-7-6-9(14)13-10(11(15)16)8-4-2-1-3-5-8/h1-5,10H,6-7H2,(H,13,14)(H,15,16). The van der Waals surface area contributed by atoms with Gasteiger partial charge in [0.15, 0.2) is 6.04 Å². The number of benzene rings is 1.